The van der Waals surface area contributed by atoms with E-state index in [0.29, 0.717) is 18.6 Å². The first-order valence-corrected chi connectivity index (χ1v) is 19.8. The van der Waals surface area contributed by atoms with Crippen LogP contribution in [0.3, 0.4) is 0 Å². The lowest BCUT2D eigenvalue weighted by Gasteiger charge is -2.36. The third-order valence-corrected chi connectivity index (χ3v) is 11.8. The molecule has 2 saturated heterocycles. The van der Waals surface area contributed by atoms with E-state index in [1.165, 1.54) is 4.90 Å². The predicted molar refractivity (Wildman–Crippen MR) is 198 cm³/mol. The second-order valence-electron chi connectivity index (χ2n) is 16.6. The van der Waals surface area contributed by atoms with Crippen LogP contribution in [0.5, 0.6) is 0 Å². The molecule has 298 valence electrons. The van der Waals surface area contributed by atoms with Crippen LogP contribution in [-0.4, -0.2) is 103 Å². The Balaban J connectivity index is 1.30. The van der Waals surface area contributed by atoms with Crippen LogP contribution in [0, 0.1) is 11.3 Å². The van der Waals surface area contributed by atoms with E-state index in [9.17, 15) is 36.4 Å². The lowest BCUT2D eigenvalue weighted by molar-refractivity contribution is -0.143. The summed E-state index contributed by atoms with van der Waals surface area (Å²) in [4.78, 5) is 62.4. The quantitative estimate of drug-likeness (QED) is 0.259. The van der Waals surface area contributed by atoms with E-state index >= 15 is 0 Å². The SMILES string of the molecule is CC(C)(C)OC(=O)N[C@H](C(=O)N1C[C@H](ON=C2c3ccccc3-c3ccccc32)CC1C(=O)N[C@@]1(C(=O)NS(=O)(=O)N2CCCC2)C[C@H]1C(F)F)C(C)(C)C. The van der Waals surface area contributed by atoms with Gasteiger partial charge in [0.15, 0.2) is 0 Å². The Morgan fingerprint density at radius 3 is 1.98 bits per heavy atom. The predicted octanol–water partition coefficient (Wildman–Crippen LogP) is 3.94. The van der Waals surface area contributed by atoms with Gasteiger partial charge in [-0.3, -0.25) is 14.4 Å². The van der Waals surface area contributed by atoms with Gasteiger partial charge in [-0.2, -0.15) is 12.7 Å². The van der Waals surface area contributed by atoms with Crippen LogP contribution in [0.15, 0.2) is 53.7 Å². The lowest BCUT2D eigenvalue weighted by atomic mass is 9.85. The van der Waals surface area contributed by atoms with Crippen molar-refractivity contribution in [3.8, 4) is 11.1 Å². The fourth-order valence-electron chi connectivity index (χ4n) is 7.38. The first kappa shape index (κ1) is 40.0. The normalized spacial score (nSPS) is 24.1. The summed E-state index contributed by atoms with van der Waals surface area (Å²) >= 11 is 0. The summed E-state index contributed by atoms with van der Waals surface area (Å²) in [6, 6.07) is 12.7. The molecule has 0 spiro atoms. The molecule has 2 aromatic rings. The number of carbonyl (C=O) groups is 4. The zero-order chi connectivity index (χ0) is 40.1. The number of fused-ring (bicyclic) bond motifs is 3. The third kappa shape index (κ3) is 8.32. The number of nitrogens with one attached hydrogen (secondary N) is 3. The molecule has 0 aromatic heterocycles. The number of nitrogens with zero attached hydrogens (tertiary/aromatic N) is 3. The van der Waals surface area contributed by atoms with Crippen molar-refractivity contribution in [3.63, 3.8) is 0 Å². The highest BCUT2D eigenvalue weighted by Gasteiger charge is 2.66. The minimum atomic E-state index is -4.36. The summed E-state index contributed by atoms with van der Waals surface area (Å²) in [5.74, 6) is -4.62. The summed E-state index contributed by atoms with van der Waals surface area (Å²) in [6.07, 6.45) is -4.34. The molecule has 3 N–H and O–H groups in total. The summed E-state index contributed by atoms with van der Waals surface area (Å²) in [5.41, 5.74) is 0.0532. The molecule has 2 aromatic carbocycles. The molecule has 5 atom stereocenters. The highest BCUT2D eigenvalue weighted by molar-refractivity contribution is 7.87. The Hall–Kier alpha value is -4.64. The van der Waals surface area contributed by atoms with Crippen LogP contribution in [0.2, 0.25) is 0 Å². The zero-order valence-electron chi connectivity index (χ0n) is 31.7. The van der Waals surface area contributed by atoms with Crippen molar-refractivity contribution in [2.24, 2.45) is 16.5 Å². The average Bonchev–Trinajstić information content (AvgIpc) is 3.44. The molecule has 2 aliphatic heterocycles. The average molecular weight is 787 g/mol. The molecule has 1 saturated carbocycles. The Morgan fingerprint density at radius 2 is 1.47 bits per heavy atom. The Bertz CT molecular complexity index is 1940. The Labute approximate surface area is 319 Å². The maximum Gasteiger partial charge on any atom is 0.408 e. The van der Waals surface area contributed by atoms with Crippen LogP contribution >= 0.6 is 0 Å². The largest absolute Gasteiger partial charge is 0.444 e. The molecule has 55 heavy (non-hydrogen) atoms. The number of benzene rings is 2. The Morgan fingerprint density at radius 1 is 0.909 bits per heavy atom. The number of hydrogen-bond donors (Lipinski definition) is 3. The molecular weight excluding hydrogens is 739 g/mol. The van der Waals surface area contributed by atoms with Crippen molar-refractivity contribution in [2.45, 2.75) is 103 Å². The first-order chi connectivity index (χ1) is 25.7. The summed E-state index contributed by atoms with van der Waals surface area (Å²) in [6.45, 7) is 10.3. The fraction of sp³-hybridized carbons (Fsp3) is 0.553. The molecular formula is C38H48F2N6O8S. The molecule has 4 aliphatic rings. The van der Waals surface area contributed by atoms with Crippen molar-refractivity contribution >= 4 is 39.7 Å². The third-order valence-electron chi connectivity index (χ3n) is 10.3. The van der Waals surface area contributed by atoms with E-state index in [1.54, 1.807) is 41.5 Å². The molecule has 3 fully saturated rings. The maximum absolute atomic E-state index is 14.5. The van der Waals surface area contributed by atoms with Crippen molar-refractivity contribution in [2.75, 3.05) is 19.6 Å². The van der Waals surface area contributed by atoms with E-state index in [1.807, 2.05) is 53.3 Å². The number of rotatable bonds is 10. The molecule has 14 nitrogen and oxygen atoms in total. The van der Waals surface area contributed by atoms with Gasteiger partial charge in [0.1, 0.15) is 35.0 Å². The number of alkyl carbamates (subject to hydrolysis) is 1. The summed E-state index contributed by atoms with van der Waals surface area (Å²) in [5, 5.41) is 9.56. The molecule has 1 unspecified atom stereocenters. The molecule has 2 heterocycles. The van der Waals surface area contributed by atoms with E-state index in [0.717, 1.165) is 26.6 Å². The van der Waals surface area contributed by atoms with Gasteiger partial charge in [-0.15, -0.1) is 0 Å². The van der Waals surface area contributed by atoms with E-state index < -0.39 is 87.5 Å². The first-order valence-electron chi connectivity index (χ1n) is 18.4. The highest BCUT2D eigenvalue weighted by atomic mass is 32.2. The van der Waals surface area contributed by atoms with Gasteiger partial charge < -0.3 is 25.1 Å². The van der Waals surface area contributed by atoms with Crippen molar-refractivity contribution in [3.05, 3.63) is 59.7 Å². The fourth-order valence-corrected chi connectivity index (χ4v) is 8.67. The summed E-state index contributed by atoms with van der Waals surface area (Å²) < 4.78 is 62.7. The zero-order valence-corrected chi connectivity index (χ0v) is 32.5. The van der Waals surface area contributed by atoms with Crippen molar-refractivity contribution < 1.29 is 46.0 Å². The minimum Gasteiger partial charge on any atom is -0.444 e. The molecule has 0 radical (unpaired) electrons. The van der Waals surface area contributed by atoms with Crippen LogP contribution in [-0.2, 0) is 34.2 Å². The number of alkyl halides is 2. The van der Waals surface area contributed by atoms with Crippen molar-refractivity contribution in [1.82, 2.24) is 24.6 Å². The molecule has 6 rings (SSSR count). The molecule has 0 bridgehead atoms. The number of amides is 4. The smallest absolute Gasteiger partial charge is 0.408 e. The topological polar surface area (TPSA) is 176 Å². The number of carbonyl (C=O) groups excluding carboxylic acids is 4. The maximum atomic E-state index is 14.5. The van der Waals surface area contributed by atoms with Gasteiger partial charge in [-0.05, 0) is 56.6 Å². The van der Waals surface area contributed by atoms with Gasteiger partial charge >= 0.3 is 16.3 Å². The van der Waals surface area contributed by atoms with Gasteiger partial charge in [-0.25, -0.2) is 18.3 Å². The van der Waals surface area contributed by atoms with Crippen LogP contribution in [0.4, 0.5) is 13.6 Å². The number of hydrogen-bond acceptors (Lipinski definition) is 9. The molecule has 2 aliphatic carbocycles. The van der Waals surface area contributed by atoms with E-state index in [-0.39, 0.29) is 26.1 Å². The van der Waals surface area contributed by atoms with E-state index in [2.05, 4.69) is 15.8 Å². The number of ether oxygens (including phenoxy) is 1. The number of oxime groups is 1. The highest BCUT2D eigenvalue weighted by Crippen LogP contribution is 2.48. The van der Waals surface area contributed by atoms with Gasteiger partial charge in [0.05, 0.1) is 12.5 Å². The minimum absolute atomic E-state index is 0.161. The van der Waals surface area contributed by atoms with Crippen LogP contribution < -0.4 is 15.4 Å². The molecule has 17 heteroatoms. The van der Waals surface area contributed by atoms with Crippen molar-refractivity contribution in [1.29, 1.82) is 0 Å². The number of halogens is 2. The van der Waals surface area contributed by atoms with E-state index in [4.69, 9.17) is 9.57 Å². The van der Waals surface area contributed by atoms with Crippen LogP contribution in [0.25, 0.3) is 11.1 Å². The monoisotopic (exact) mass is 786 g/mol. The Kier molecular flexibility index (Phi) is 10.8. The van der Waals surface area contributed by atoms with Gasteiger partial charge in [0, 0.05) is 30.6 Å². The standard InChI is InChI=1S/C38H48F2N6O8S/c1-36(2,3)30(41-35(50)53-37(4,5)6)33(48)46-21-22(54-43-29-25-15-9-7-13-23(25)24-14-8-10-16-26(24)29)19-28(46)32(47)42-38(20-27(38)31(39)40)34(49)44-55(51,52)45-17-11-12-18-45/h7-10,13-16,22,27-28,30-31H,11-12,17-21H2,1-6H3,(H,41,50)(H,42,47)(H,44,49)/t22-,27+,28?,30-,38+/m1/s1. The van der Waals surface area contributed by atoms with Gasteiger partial charge in [0.25, 0.3) is 5.91 Å². The van der Waals surface area contributed by atoms with Crippen LogP contribution in [0.1, 0.15) is 78.4 Å². The second kappa shape index (κ2) is 14.8. The molecule has 4 amide bonds. The lowest BCUT2D eigenvalue weighted by Crippen LogP contribution is -2.60. The second-order valence-corrected chi connectivity index (χ2v) is 18.3. The van der Waals surface area contributed by atoms with Gasteiger partial charge in [-0.1, -0.05) is 74.5 Å². The summed E-state index contributed by atoms with van der Waals surface area (Å²) in [7, 11) is -4.36. The van der Waals surface area contributed by atoms with Gasteiger partial charge in [0.2, 0.25) is 18.2 Å². The number of likely N-dealkylation sites (tertiary alicyclic amines) is 1.